The monoisotopic (exact) mass is 335 g/mol. The molecule has 22 heavy (non-hydrogen) atoms. The van der Waals surface area contributed by atoms with E-state index in [2.05, 4.69) is 6.58 Å². The number of allylic oxidation sites excluding steroid dienone is 4. The smallest absolute Gasteiger partial charge is 0.303 e. The van der Waals surface area contributed by atoms with Crippen LogP contribution in [0.25, 0.3) is 0 Å². The lowest BCUT2D eigenvalue weighted by Gasteiger charge is -2.40. The number of thiol groups is 1. The van der Waals surface area contributed by atoms with E-state index in [1.807, 2.05) is 0 Å². The van der Waals surface area contributed by atoms with Crippen LogP contribution in [0.2, 0.25) is 0 Å². The fourth-order valence-electron chi connectivity index (χ4n) is 2.50. The lowest BCUT2D eigenvalue weighted by atomic mass is 9.84. The van der Waals surface area contributed by atoms with Crippen LogP contribution in [0.15, 0.2) is 36.1 Å². The Morgan fingerprint density at radius 2 is 2.18 bits per heavy atom. The van der Waals surface area contributed by atoms with Crippen LogP contribution in [0.1, 0.15) is 26.2 Å². The van der Waals surface area contributed by atoms with Crippen LogP contribution >= 0.6 is 0 Å². The maximum absolute atomic E-state index is 14.6. The molecule has 1 aliphatic heterocycles. The number of nitrogens with zero attached hydrogens (tertiary/aromatic N) is 1. The van der Waals surface area contributed by atoms with Crippen LogP contribution in [0, 0.1) is 5.92 Å². The van der Waals surface area contributed by atoms with Crippen LogP contribution in [-0.2, 0) is 15.7 Å². The number of hydrogen-bond acceptors (Lipinski definition) is 3. The molecule has 0 aromatic heterocycles. The molecular formula is C14H19F2NO4S. The molecule has 1 aliphatic rings. The molecule has 8 heteroatoms. The molecule has 5 nitrogen and oxygen atoms in total. The van der Waals surface area contributed by atoms with E-state index in [9.17, 15) is 22.0 Å². The van der Waals surface area contributed by atoms with Gasteiger partial charge in [0.1, 0.15) is 0 Å². The lowest BCUT2D eigenvalue weighted by Crippen LogP contribution is -2.47. The van der Waals surface area contributed by atoms with E-state index < -0.39 is 34.3 Å². The molecule has 0 spiro atoms. The standard InChI is InChI=1S/C14H19F2NO4S/c1-3-6-11-12(4-2)17(22(20)21)9-10(14(11,15)16)7-5-8-13(18)19/h3-4,6,10,22H,1,5,7-9H2,2H3,(H,18,19)/b11-6+,12-4+/t10-/m0/s1. The maximum Gasteiger partial charge on any atom is 0.303 e. The Morgan fingerprint density at radius 1 is 1.55 bits per heavy atom. The zero-order valence-electron chi connectivity index (χ0n) is 12.2. The highest BCUT2D eigenvalue weighted by Gasteiger charge is 2.50. The van der Waals surface area contributed by atoms with Crippen molar-refractivity contribution in [1.82, 2.24) is 4.31 Å². The number of carboxylic acid groups (broad SMARTS) is 1. The molecule has 1 atom stereocenters. The number of alkyl halides is 2. The topological polar surface area (TPSA) is 74.7 Å². The molecule has 0 aliphatic carbocycles. The van der Waals surface area contributed by atoms with Crippen molar-refractivity contribution >= 4 is 16.9 Å². The number of hydrogen-bond donors (Lipinski definition) is 2. The first-order valence-electron chi connectivity index (χ1n) is 6.77. The van der Waals surface area contributed by atoms with Crippen molar-refractivity contribution in [3.05, 3.63) is 36.1 Å². The van der Waals surface area contributed by atoms with Gasteiger partial charge in [0, 0.05) is 24.5 Å². The molecule has 0 aromatic carbocycles. The molecule has 124 valence electrons. The van der Waals surface area contributed by atoms with Gasteiger partial charge >= 0.3 is 5.97 Å². The maximum atomic E-state index is 14.6. The SMILES string of the molecule is C=C/C=C1\C(=C/C)N([SH](=O)=O)C[C@H](CCCC(=O)O)C1(F)F. The Bertz CT molecular complexity index is 573. The zero-order chi connectivity index (χ0) is 16.9. The molecule has 0 bridgehead atoms. The fourth-order valence-corrected chi connectivity index (χ4v) is 3.23. The van der Waals surface area contributed by atoms with Gasteiger partial charge in [-0.25, -0.2) is 17.2 Å². The second-order valence-corrected chi connectivity index (χ2v) is 5.87. The van der Waals surface area contributed by atoms with Gasteiger partial charge in [0.15, 0.2) is 0 Å². The average molecular weight is 335 g/mol. The molecular weight excluding hydrogens is 316 g/mol. The molecule has 0 saturated carbocycles. The third-order valence-corrected chi connectivity index (χ3v) is 4.29. The van der Waals surface area contributed by atoms with Crippen LogP contribution in [0.4, 0.5) is 8.78 Å². The van der Waals surface area contributed by atoms with Gasteiger partial charge in [-0.3, -0.25) is 9.10 Å². The van der Waals surface area contributed by atoms with E-state index in [1.165, 1.54) is 19.1 Å². The molecule has 1 fully saturated rings. The second kappa shape index (κ2) is 7.53. The van der Waals surface area contributed by atoms with Crippen molar-refractivity contribution in [3.63, 3.8) is 0 Å². The fraction of sp³-hybridized carbons (Fsp3) is 0.500. The van der Waals surface area contributed by atoms with E-state index in [1.54, 1.807) is 0 Å². The number of rotatable bonds is 6. The van der Waals surface area contributed by atoms with E-state index in [0.717, 1.165) is 10.4 Å². The summed E-state index contributed by atoms with van der Waals surface area (Å²) in [6, 6.07) is 0. The van der Waals surface area contributed by atoms with Crippen molar-refractivity contribution in [2.45, 2.75) is 32.1 Å². The van der Waals surface area contributed by atoms with Crippen LogP contribution < -0.4 is 0 Å². The molecule has 0 aromatic rings. The van der Waals surface area contributed by atoms with Gasteiger partial charge < -0.3 is 5.11 Å². The summed E-state index contributed by atoms with van der Waals surface area (Å²) < 4.78 is 52.8. The highest BCUT2D eigenvalue weighted by Crippen LogP contribution is 2.45. The highest BCUT2D eigenvalue weighted by molar-refractivity contribution is 7.70. The van der Waals surface area contributed by atoms with Gasteiger partial charge in [0.2, 0.25) is 10.9 Å². The number of carboxylic acids is 1. The summed E-state index contributed by atoms with van der Waals surface area (Å²) in [5.74, 6) is -5.58. The predicted octanol–water partition coefficient (Wildman–Crippen LogP) is 2.35. The quantitative estimate of drug-likeness (QED) is 0.731. The van der Waals surface area contributed by atoms with E-state index in [4.69, 9.17) is 5.11 Å². The lowest BCUT2D eigenvalue weighted by molar-refractivity contribution is -0.137. The van der Waals surface area contributed by atoms with Crippen molar-refractivity contribution < 1.29 is 27.1 Å². The average Bonchev–Trinajstić information content (AvgIpc) is 2.42. The van der Waals surface area contributed by atoms with Gasteiger partial charge in [0.25, 0.3) is 5.92 Å². The predicted molar refractivity (Wildman–Crippen MR) is 79.0 cm³/mol. The largest absolute Gasteiger partial charge is 0.481 e. The number of piperidine rings is 1. The molecule has 1 N–H and O–H groups in total. The van der Waals surface area contributed by atoms with E-state index in [0.29, 0.717) is 0 Å². The summed E-state index contributed by atoms with van der Waals surface area (Å²) in [5, 5.41) is 8.60. The Labute approximate surface area is 129 Å². The Balaban J connectivity index is 3.16. The molecule has 0 amide bonds. The summed E-state index contributed by atoms with van der Waals surface area (Å²) in [5.41, 5.74) is -0.466. The van der Waals surface area contributed by atoms with Crippen LogP contribution in [0.5, 0.6) is 0 Å². The molecule has 0 radical (unpaired) electrons. The number of aliphatic carboxylic acids is 1. The minimum atomic E-state index is -3.24. The first-order chi connectivity index (χ1) is 10.3. The molecule has 0 unspecified atom stereocenters. The Hall–Kier alpha value is -1.70. The van der Waals surface area contributed by atoms with E-state index >= 15 is 0 Å². The summed E-state index contributed by atoms with van der Waals surface area (Å²) in [6.45, 7) is 4.51. The minimum absolute atomic E-state index is 0.0597. The van der Waals surface area contributed by atoms with Gasteiger partial charge in [0.05, 0.1) is 5.70 Å². The van der Waals surface area contributed by atoms with Crippen molar-refractivity contribution in [2.24, 2.45) is 5.92 Å². The Morgan fingerprint density at radius 3 is 2.64 bits per heavy atom. The van der Waals surface area contributed by atoms with Crippen molar-refractivity contribution in [2.75, 3.05) is 6.54 Å². The van der Waals surface area contributed by atoms with Crippen LogP contribution in [-0.4, -0.2) is 36.3 Å². The van der Waals surface area contributed by atoms with E-state index in [-0.39, 0.29) is 31.5 Å². The summed E-state index contributed by atoms with van der Waals surface area (Å²) in [7, 11) is -3.06. The first-order valence-corrected chi connectivity index (χ1v) is 7.90. The van der Waals surface area contributed by atoms with Gasteiger partial charge in [-0.1, -0.05) is 24.8 Å². The third kappa shape index (κ3) is 3.94. The van der Waals surface area contributed by atoms with Gasteiger partial charge in [-0.2, -0.15) is 0 Å². The zero-order valence-corrected chi connectivity index (χ0v) is 13.1. The summed E-state index contributed by atoms with van der Waals surface area (Å²) >= 11 is 0. The first kappa shape index (κ1) is 18.3. The van der Waals surface area contributed by atoms with Gasteiger partial charge in [-0.15, -0.1) is 0 Å². The minimum Gasteiger partial charge on any atom is -0.481 e. The molecule has 1 heterocycles. The van der Waals surface area contributed by atoms with Crippen molar-refractivity contribution in [3.8, 4) is 0 Å². The molecule has 1 saturated heterocycles. The van der Waals surface area contributed by atoms with Gasteiger partial charge in [-0.05, 0) is 19.8 Å². The second-order valence-electron chi connectivity index (χ2n) is 4.92. The number of carbonyl (C=O) groups is 1. The number of halogens is 2. The normalized spacial score (nSPS) is 24.9. The summed E-state index contributed by atoms with van der Waals surface area (Å²) in [4.78, 5) is 10.5. The molecule has 1 rings (SSSR count). The van der Waals surface area contributed by atoms with Crippen molar-refractivity contribution in [1.29, 1.82) is 0 Å². The Kier molecular flexibility index (Phi) is 6.28. The summed E-state index contributed by atoms with van der Waals surface area (Å²) in [6.07, 6.45) is 3.36. The highest BCUT2D eigenvalue weighted by atomic mass is 32.2. The van der Waals surface area contributed by atoms with Crippen LogP contribution in [0.3, 0.4) is 0 Å². The third-order valence-electron chi connectivity index (χ3n) is 3.52.